The molecule has 0 aliphatic carbocycles. The topological polar surface area (TPSA) is 35.5 Å². The molecule has 22 heavy (non-hydrogen) atoms. The zero-order valence-corrected chi connectivity index (χ0v) is 19.3. The third kappa shape index (κ3) is 7.92. The van der Waals surface area contributed by atoms with Crippen molar-refractivity contribution in [1.82, 2.24) is 0 Å². The molecular formula is C12H16Br2Cl4O3P+. The van der Waals surface area contributed by atoms with Gasteiger partial charge in [0.05, 0.1) is 30.5 Å². The monoisotopic (exact) mass is 537 g/mol. The van der Waals surface area contributed by atoms with Gasteiger partial charge in [-0.1, -0.05) is 31.9 Å². The van der Waals surface area contributed by atoms with Gasteiger partial charge in [-0.3, -0.25) is 0 Å². The second-order valence-corrected chi connectivity index (χ2v) is 9.43. The maximum absolute atomic E-state index is 12.1. The predicted molar refractivity (Wildman–Crippen MR) is 103 cm³/mol. The molecule has 0 amide bonds. The molecule has 0 aromatic heterocycles. The molecule has 0 aliphatic rings. The molecule has 0 aromatic rings. The van der Waals surface area contributed by atoms with E-state index in [1.807, 2.05) is 0 Å². The summed E-state index contributed by atoms with van der Waals surface area (Å²) in [6, 6.07) is 0. The lowest BCUT2D eigenvalue weighted by atomic mass is 10.3. The van der Waals surface area contributed by atoms with Crippen LogP contribution in [0.15, 0.2) is 20.5 Å². The SMILES string of the molecule is CC(Cl)/C(Br)=C(\O[P+](=O)O/C(=C(/Br)C(C)Cl)C(C)Cl)C(C)Cl. The highest BCUT2D eigenvalue weighted by atomic mass is 79.9. The van der Waals surface area contributed by atoms with Gasteiger partial charge in [-0.25, -0.2) is 9.05 Å². The van der Waals surface area contributed by atoms with Crippen molar-refractivity contribution in [2.24, 2.45) is 0 Å². The highest BCUT2D eigenvalue weighted by Gasteiger charge is 2.34. The normalized spacial score (nSPS) is 20.2. The van der Waals surface area contributed by atoms with Gasteiger partial charge in [-0.15, -0.1) is 46.4 Å². The first kappa shape index (κ1) is 23.3. The molecule has 0 saturated heterocycles. The molecule has 0 saturated carbocycles. The van der Waals surface area contributed by atoms with E-state index in [9.17, 15) is 4.57 Å². The summed E-state index contributed by atoms with van der Waals surface area (Å²) in [7, 11) is -2.55. The smallest absolute Gasteiger partial charge is 0.224 e. The first-order valence-corrected chi connectivity index (χ1v) is 10.6. The number of hydrogen-bond donors (Lipinski definition) is 0. The van der Waals surface area contributed by atoms with Gasteiger partial charge in [0.25, 0.3) is 0 Å². The summed E-state index contributed by atoms with van der Waals surface area (Å²) < 4.78 is 23.7. The van der Waals surface area contributed by atoms with E-state index in [1.165, 1.54) is 0 Å². The largest absolute Gasteiger partial charge is 0.805 e. The maximum Gasteiger partial charge on any atom is 0.805 e. The molecule has 0 N–H and O–H groups in total. The third-order valence-corrected chi connectivity index (χ3v) is 6.44. The van der Waals surface area contributed by atoms with Gasteiger partial charge in [0.15, 0.2) is 11.5 Å². The lowest BCUT2D eigenvalue weighted by molar-refractivity contribution is 0.303. The third-order valence-electron chi connectivity index (χ3n) is 2.24. The molecule has 10 heteroatoms. The van der Waals surface area contributed by atoms with Crippen molar-refractivity contribution in [3.63, 3.8) is 0 Å². The molecule has 0 aliphatic heterocycles. The summed E-state index contributed by atoms with van der Waals surface area (Å²) in [4.78, 5) is 0. The van der Waals surface area contributed by atoms with Crippen LogP contribution < -0.4 is 0 Å². The van der Waals surface area contributed by atoms with Crippen LogP contribution in [0.5, 0.6) is 0 Å². The number of rotatable bonds is 8. The minimum atomic E-state index is -2.55. The molecule has 4 atom stereocenters. The van der Waals surface area contributed by atoms with Gasteiger partial charge in [-0.2, -0.15) is 0 Å². The Morgan fingerprint density at radius 3 is 1.23 bits per heavy atom. The Morgan fingerprint density at radius 2 is 1.05 bits per heavy atom. The van der Waals surface area contributed by atoms with Gasteiger partial charge in [0, 0.05) is 4.57 Å². The Morgan fingerprint density at radius 1 is 0.773 bits per heavy atom. The van der Waals surface area contributed by atoms with E-state index in [1.54, 1.807) is 27.7 Å². The standard InChI is InChI=1S/C12H16Br2Cl4O3P/c1-5(15)9(13)11(7(3)17)20-22(19)21-12(8(4)18)10(14)6(2)16/h5-8H,1-4H3/q+1/b11-9+,12-10+. The van der Waals surface area contributed by atoms with Crippen LogP contribution in [0.4, 0.5) is 0 Å². The number of allylic oxidation sites excluding steroid dienone is 4. The van der Waals surface area contributed by atoms with E-state index < -0.39 is 29.8 Å². The van der Waals surface area contributed by atoms with Crippen molar-refractivity contribution in [2.75, 3.05) is 0 Å². The molecule has 0 spiro atoms. The van der Waals surface area contributed by atoms with Crippen molar-refractivity contribution < 1.29 is 13.6 Å². The Balaban J connectivity index is 5.29. The Bertz CT molecular complexity index is 425. The first-order valence-electron chi connectivity index (χ1n) is 6.17. The molecule has 128 valence electrons. The van der Waals surface area contributed by atoms with Gasteiger partial charge in [-0.05, 0) is 27.7 Å². The van der Waals surface area contributed by atoms with Gasteiger partial charge in [0.2, 0.25) is 0 Å². The van der Waals surface area contributed by atoms with Crippen LogP contribution in [0.1, 0.15) is 27.7 Å². The molecule has 3 nitrogen and oxygen atoms in total. The van der Waals surface area contributed by atoms with Crippen molar-refractivity contribution in [3.05, 3.63) is 20.5 Å². The Hall–Kier alpha value is 1.30. The fourth-order valence-electron chi connectivity index (χ4n) is 1.18. The average Bonchev–Trinajstić information content (AvgIpc) is 2.39. The van der Waals surface area contributed by atoms with Crippen LogP contribution in [0.2, 0.25) is 0 Å². The van der Waals surface area contributed by atoms with Crippen molar-refractivity contribution in [3.8, 4) is 0 Å². The van der Waals surface area contributed by atoms with E-state index in [-0.39, 0.29) is 11.5 Å². The first-order chi connectivity index (χ1) is 9.98. The van der Waals surface area contributed by atoms with Crippen molar-refractivity contribution in [1.29, 1.82) is 0 Å². The van der Waals surface area contributed by atoms with E-state index in [0.717, 1.165) is 0 Å². The van der Waals surface area contributed by atoms with Crippen LogP contribution in [-0.4, -0.2) is 21.5 Å². The fourth-order valence-corrected chi connectivity index (χ4v) is 4.08. The van der Waals surface area contributed by atoms with Gasteiger partial charge < -0.3 is 0 Å². The Labute approximate surface area is 168 Å². The van der Waals surface area contributed by atoms with E-state index in [4.69, 9.17) is 55.5 Å². The molecule has 0 fully saturated rings. The summed E-state index contributed by atoms with van der Waals surface area (Å²) in [5.41, 5.74) is 0. The summed E-state index contributed by atoms with van der Waals surface area (Å²) in [5.74, 6) is 0.476. The minimum absolute atomic E-state index is 0.238. The van der Waals surface area contributed by atoms with E-state index in [0.29, 0.717) is 8.96 Å². The second kappa shape index (κ2) is 11.0. The van der Waals surface area contributed by atoms with Crippen LogP contribution in [0.25, 0.3) is 0 Å². The minimum Gasteiger partial charge on any atom is -0.224 e. The molecular weight excluding hydrogens is 525 g/mol. The number of alkyl halides is 4. The lowest BCUT2D eigenvalue weighted by Crippen LogP contribution is -2.08. The molecule has 0 bridgehead atoms. The van der Waals surface area contributed by atoms with Crippen molar-refractivity contribution in [2.45, 2.75) is 49.2 Å². The molecule has 0 aromatic carbocycles. The quantitative estimate of drug-likeness (QED) is 0.183. The maximum atomic E-state index is 12.1. The average molecular weight is 541 g/mol. The number of halogens is 6. The zero-order chi connectivity index (χ0) is 17.6. The molecule has 0 rings (SSSR count). The predicted octanol–water partition coefficient (Wildman–Crippen LogP) is 7.40. The molecule has 4 unspecified atom stereocenters. The molecule has 0 radical (unpaired) electrons. The fraction of sp³-hybridized carbons (Fsp3) is 0.667. The van der Waals surface area contributed by atoms with Crippen LogP contribution in [-0.2, 0) is 13.6 Å². The summed E-state index contributed by atoms with van der Waals surface area (Å²) in [6.45, 7) is 6.77. The van der Waals surface area contributed by atoms with E-state index in [2.05, 4.69) is 31.9 Å². The van der Waals surface area contributed by atoms with Crippen molar-refractivity contribution >= 4 is 86.5 Å². The van der Waals surface area contributed by atoms with Crippen LogP contribution >= 0.6 is 86.5 Å². The highest BCUT2D eigenvalue weighted by Crippen LogP contribution is 2.40. The summed E-state index contributed by atoms with van der Waals surface area (Å²) >= 11 is 30.5. The summed E-state index contributed by atoms with van der Waals surface area (Å²) in [6.07, 6.45) is 0. The Kier molecular flexibility index (Phi) is 11.7. The van der Waals surface area contributed by atoms with E-state index >= 15 is 0 Å². The van der Waals surface area contributed by atoms with Gasteiger partial charge >= 0.3 is 8.25 Å². The van der Waals surface area contributed by atoms with Gasteiger partial charge in [0.1, 0.15) is 0 Å². The zero-order valence-electron chi connectivity index (χ0n) is 12.2. The summed E-state index contributed by atoms with van der Waals surface area (Å²) in [5, 5.41) is -1.88. The van der Waals surface area contributed by atoms with Crippen LogP contribution in [0, 0.1) is 0 Å². The van der Waals surface area contributed by atoms with Crippen LogP contribution in [0.3, 0.4) is 0 Å². The number of hydrogen-bond acceptors (Lipinski definition) is 3. The second-order valence-electron chi connectivity index (χ2n) is 4.29. The lowest BCUT2D eigenvalue weighted by Gasteiger charge is -2.11. The highest BCUT2D eigenvalue weighted by molar-refractivity contribution is 9.12. The molecule has 0 heterocycles.